The maximum Gasteiger partial charge on any atom is 0.323 e. The second-order valence-corrected chi connectivity index (χ2v) is 4.16. The Bertz CT molecular complexity index is 409. The average Bonchev–Trinajstić information content (AvgIpc) is 2.39. The van der Waals surface area contributed by atoms with Crippen molar-refractivity contribution in [2.24, 2.45) is 0 Å². The quantitative estimate of drug-likeness (QED) is 0.774. The zero-order valence-corrected chi connectivity index (χ0v) is 11.0. The maximum atomic E-state index is 11.8. The Balaban J connectivity index is 2.37. The summed E-state index contributed by atoms with van der Waals surface area (Å²) in [6, 6.07) is 3.43. The van der Waals surface area contributed by atoms with Gasteiger partial charge in [0.2, 0.25) is 0 Å². The molecule has 104 valence electrons. The maximum absolute atomic E-state index is 11.8. The molecule has 0 radical (unpaired) electrons. The van der Waals surface area contributed by atoms with Gasteiger partial charge in [-0.3, -0.25) is 9.78 Å². The standard InChI is InChI=1S/C13H19N3O3/c1-2-8-16(10-12(17)18)13(19)15-7-5-11-4-3-6-14-9-11/h3-4,6,9H,2,5,7-8,10H2,1H3,(H,15,19)(H,17,18). The summed E-state index contributed by atoms with van der Waals surface area (Å²) < 4.78 is 0. The summed E-state index contributed by atoms with van der Waals surface area (Å²) in [6.45, 7) is 2.53. The number of amides is 2. The molecule has 0 aliphatic carbocycles. The third-order valence-electron chi connectivity index (χ3n) is 2.52. The minimum absolute atomic E-state index is 0.271. The number of carboxylic acids is 1. The highest BCUT2D eigenvalue weighted by Gasteiger charge is 2.14. The van der Waals surface area contributed by atoms with Crippen LogP contribution in [0.5, 0.6) is 0 Å². The number of carboxylic acid groups (broad SMARTS) is 1. The van der Waals surface area contributed by atoms with E-state index in [0.717, 1.165) is 12.0 Å². The molecule has 2 amide bonds. The SMILES string of the molecule is CCCN(CC(=O)O)C(=O)NCCc1cccnc1. The molecule has 0 aliphatic rings. The first-order chi connectivity index (χ1) is 9.13. The van der Waals surface area contributed by atoms with E-state index in [0.29, 0.717) is 19.5 Å². The fourth-order valence-electron chi connectivity index (χ4n) is 1.66. The zero-order valence-electron chi connectivity index (χ0n) is 11.0. The molecule has 1 rings (SSSR count). The number of aromatic nitrogens is 1. The third kappa shape index (κ3) is 5.85. The molecular formula is C13H19N3O3. The minimum Gasteiger partial charge on any atom is -0.480 e. The Labute approximate surface area is 112 Å². The van der Waals surface area contributed by atoms with E-state index in [1.54, 1.807) is 12.4 Å². The number of rotatable bonds is 7. The summed E-state index contributed by atoms with van der Waals surface area (Å²) in [4.78, 5) is 27.7. The van der Waals surface area contributed by atoms with Gasteiger partial charge in [-0.1, -0.05) is 13.0 Å². The molecule has 1 aromatic heterocycles. The van der Waals surface area contributed by atoms with Crippen LogP contribution in [0.1, 0.15) is 18.9 Å². The highest BCUT2D eigenvalue weighted by atomic mass is 16.4. The van der Waals surface area contributed by atoms with Gasteiger partial charge >= 0.3 is 12.0 Å². The molecule has 19 heavy (non-hydrogen) atoms. The summed E-state index contributed by atoms with van der Waals surface area (Å²) in [6.07, 6.45) is 4.83. The van der Waals surface area contributed by atoms with Crippen LogP contribution in [0.2, 0.25) is 0 Å². The van der Waals surface area contributed by atoms with Crippen LogP contribution in [0.15, 0.2) is 24.5 Å². The zero-order chi connectivity index (χ0) is 14.1. The molecule has 0 atom stereocenters. The number of carbonyl (C=O) groups excluding carboxylic acids is 1. The van der Waals surface area contributed by atoms with E-state index >= 15 is 0 Å². The molecule has 1 heterocycles. The van der Waals surface area contributed by atoms with Crippen LogP contribution < -0.4 is 5.32 Å². The smallest absolute Gasteiger partial charge is 0.323 e. The van der Waals surface area contributed by atoms with E-state index < -0.39 is 5.97 Å². The molecule has 1 aromatic rings. The fraction of sp³-hybridized carbons (Fsp3) is 0.462. The van der Waals surface area contributed by atoms with Gasteiger partial charge in [0.15, 0.2) is 0 Å². The normalized spacial score (nSPS) is 9.95. The number of hydrogen-bond donors (Lipinski definition) is 2. The highest BCUT2D eigenvalue weighted by molar-refractivity contribution is 5.80. The molecule has 0 aliphatic heterocycles. The largest absolute Gasteiger partial charge is 0.480 e. The minimum atomic E-state index is -1.00. The van der Waals surface area contributed by atoms with Gasteiger partial charge in [0.1, 0.15) is 6.54 Å². The average molecular weight is 265 g/mol. The Morgan fingerprint density at radius 1 is 1.47 bits per heavy atom. The Morgan fingerprint density at radius 2 is 2.26 bits per heavy atom. The second kappa shape index (κ2) is 8.07. The summed E-state index contributed by atoms with van der Waals surface area (Å²) in [5, 5.41) is 11.5. The molecule has 0 saturated heterocycles. The molecule has 0 bridgehead atoms. The van der Waals surface area contributed by atoms with Gasteiger partial charge < -0.3 is 15.3 Å². The summed E-state index contributed by atoms with van der Waals surface area (Å²) in [5.74, 6) is -1.00. The number of nitrogens with one attached hydrogen (secondary N) is 1. The van der Waals surface area contributed by atoms with Crippen molar-refractivity contribution in [2.45, 2.75) is 19.8 Å². The third-order valence-corrected chi connectivity index (χ3v) is 2.52. The van der Waals surface area contributed by atoms with Crippen molar-refractivity contribution in [1.82, 2.24) is 15.2 Å². The summed E-state index contributed by atoms with van der Waals surface area (Å²) in [5.41, 5.74) is 1.03. The van der Waals surface area contributed by atoms with Crippen LogP contribution in [0, 0.1) is 0 Å². The van der Waals surface area contributed by atoms with Gasteiger partial charge in [0.25, 0.3) is 0 Å². The lowest BCUT2D eigenvalue weighted by atomic mass is 10.2. The fourth-order valence-corrected chi connectivity index (χ4v) is 1.66. The first kappa shape index (κ1) is 14.9. The van der Waals surface area contributed by atoms with Gasteiger partial charge in [0.05, 0.1) is 0 Å². The van der Waals surface area contributed by atoms with Crippen molar-refractivity contribution in [1.29, 1.82) is 0 Å². The van der Waals surface area contributed by atoms with Gasteiger partial charge in [-0.15, -0.1) is 0 Å². The van der Waals surface area contributed by atoms with Crippen molar-refractivity contribution < 1.29 is 14.7 Å². The molecule has 0 saturated carbocycles. The number of nitrogens with zero attached hydrogens (tertiary/aromatic N) is 2. The first-order valence-electron chi connectivity index (χ1n) is 6.27. The Hall–Kier alpha value is -2.11. The molecule has 6 heteroatoms. The molecular weight excluding hydrogens is 246 g/mol. The monoisotopic (exact) mass is 265 g/mol. The van der Waals surface area contributed by atoms with Crippen molar-refractivity contribution >= 4 is 12.0 Å². The van der Waals surface area contributed by atoms with E-state index in [1.165, 1.54) is 4.90 Å². The highest BCUT2D eigenvalue weighted by Crippen LogP contribution is 1.97. The predicted octanol–water partition coefficient (Wildman–Crippen LogP) is 1.13. The predicted molar refractivity (Wildman–Crippen MR) is 70.8 cm³/mol. The topological polar surface area (TPSA) is 82.5 Å². The Morgan fingerprint density at radius 3 is 2.84 bits per heavy atom. The van der Waals surface area contributed by atoms with Crippen molar-refractivity contribution in [3.05, 3.63) is 30.1 Å². The van der Waals surface area contributed by atoms with E-state index in [1.807, 2.05) is 19.1 Å². The van der Waals surface area contributed by atoms with Gasteiger partial charge in [-0.25, -0.2) is 4.79 Å². The van der Waals surface area contributed by atoms with Gasteiger partial charge in [-0.2, -0.15) is 0 Å². The first-order valence-corrected chi connectivity index (χ1v) is 6.27. The van der Waals surface area contributed by atoms with Crippen LogP contribution in [0.25, 0.3) is 0 Å². The van der Waals surface area contributed by atoms with Crippen LogP contribution in [-0.4, -0.2) is 46.6 Å². The molecule has 0 aromatic carbocycles. The van der Waals surface area contributed by atoms with Crippen LogP contribution in [0.4, 0.5) is 4.79 Å². The summed E-state index contributed by atoms with van der Waals surface area (Å²) in [7, 11) is 0. The lowest BCUT2D eigenvalue weighted by Crippen LogP contribution is -2.43. The van der Waals surface area contributed by atoms with Crippen LogP contribution >= 0.6 is 0 Å². The number of carbonyl (C=O) groups is 2. The molecule has 2 N–H and O–H groups in total. The van der Waals surface area contributed by atoms with E-state index in [-0.39, 0.29) is 12.6 Å². The summed E-state index contributed by atoms with van der Waals surface area (Å²) >= 11 is 0. The lowest BCUT2D eigenvalue weighted by Gasteiger charge is -2.20. The lowest BCUT2D eigenvalue weighted by molar-refractivity contribution is -0.137. The van der Waals surface area contributed by atoms with Crippen LogP contribution in [0.3, 0.4) is 0 Å². The van der Waals surface area contributed by atoms with Crippen molar-refractivity contribution in [3.8, 4) is 0 Å². The van der Waals surface area contributed by atoms with Crippen LogP contribution in [-0.2, 0) is 11.2 Å². The number of aliphatic carboxylic acids is 1. The molecule has 0 unspecified atom stereocenters. The number of hydrogen-bond acceptors (Lipinski definition) is 3. The van der Waals surface area contributed by atoms with Gasteiger partial charge in [0, 0.05) is 25.5 Å². The number of urea groups is 1. The Kier molecular flexibility index (Phi) is 6.35. The van der Waals surface area contributed by atoms with Crippen molar-refractivity contribution in [3.63, 3.8) is 0 Å². The molecule has 6 nitrogen and oxygen atoms in total. The van der Waals surface area contributed by atoms with E-state index in [2.05, 4.69) is 10.3 Å². The van der Waals surface area contributed by atoms with Crippen molar-refractivity contribution in [2.75, 3.05) is 19.6 Å². The molecule has 0 fully saturated rings. The number of pyridine rings is 1. The van der Waals surface area contributed by atoms with E-state index in [4.69, 9.17) is 5.11 Å². The second-order valence-electron chi connectivity index (χ2n) is 4.16. The van der Waals surface area contributed by atoms with Gasteiger partial charge in [-0.05, 0) is 24.5 Å². The van der Waals surface area contributed by atoms with E-state index in [9.17, 15) is 9.59 Å². The molecule has 0 spiro atoms.